The van der Waals surface area contributed by atoms with Crippen LogP contribution in [0.1, 0.15) is 0 Å². The molecule has 2 aromatic carbocycles. The summed E-state index contributed by atoms with van der Waals surface area (Å²) in [5.74, 6) is 0.823. The molecule has 0 aliphatic heterocycles. The summed E-state index contributed by atoms with van der Waals surface area (Å²) >= 11 is 0. The van der Waals surface area contributed by atoms with Gasteiger partial charge in [-0.15, -0.1) is 0 Å². The van der Waals surface area contributed by atoms with Gasteiger partial charge in [0.25, 0.3) is 0 Å². The van der Waals surface area contributed by atoms with E-state index in [1.807, 2.05) is 19.2 Å². The van der Waals surface area contributed by atoms with E-state index >= 15 is 0 Å². The molecule has 0 spiro atoms. The Morgan fingerprint density at radius 3 is 2.11 bits per heavy atom. The van der Waals surface area contributed by atoms with Crippen molar-refractivity contribution in [1.82, 2.24) is 0 Å². The Hall–Kier alpha value is -2.56. The molecule has 0 radical (unpaired) electrons. The van der Waals surface area contributed by atoms with Crippen molar-refractivity contribution in [3.63, 3.8) is 0 Å². The third-order valence-electron chi connectivity index (χ3n) is 2.62. The zero-order valence-electron chi connectivity index (χ0n) is 10.8. The van der Waals surface area contributed by atoms with E-state index in [-0.39, 0.29) is 11.5 Å². The molecule has 100 valence electrons. The fourth-order valence-corrected chi connectivity index (χ4v) is 1.51. The number of benzene rings is 2. The van der Waals surface area contributed by atoms with Gasteiger partial charge in [-0.05, 0) is 36.4 Å². The molecule has 0 aliphatic rings. The van der Waals surface area contributed by atoms with Gasteiger partial charge in [0.2, 0.25) is 5.75 Å². The minimum atomic E-state index is 0.0193. The highest BCUT2D eigenvalue weighted by atomic mass is 17.2. The average molecular weight is 260 g/mol. The standard InChI is InChI=1S/C14H16N2O3/c1-15-10-3-6-12(7-4-10)18-19-14-9-11(16-2)5-8-13(14)17/h3-9,15-17H,1-2H3. The summed E-state index contributed by atoms with van der Waals surface area (Å²) in [6.07, 6.45) is 0. The van der Waals surface area contributed by atoms with Crippen molar-refractivity contribution in [3.05, 3.63) is 42.5 Å². The Bertz CT molecular complexity index is 541. The summed E-state index contributed by atoms with van der Waals surface area (Å²) in [5, 5.41) is 15.6. The summed E-state index contributed by atoms with van der Waals surface area (Å²) in [6, 6.07) is 12.2. The number of nitrogens with one attached hydrogen (secondary N) is 2. The highest BCUT2D eigenvalue weighted by Gasteiger charge is 2.06. The van der Waals surface area contributed by atoms with Crippen molar-refractivity contribution in [1.29, 1.82) is 0 Å². The van der Waals surface area contributed by atoms with Gasteiger partial charge >= 0.3 is 0 Å². The van der Waals surface area contributed by atoms with Crippen LogP contribution in [0.4, 0.5) is 11.4 Å². The number of anilines is 2. The molecule has 5 nitrogen and oxygen atoms in total. The van der Waals surface area contributed by atoms with Crippen LogP contribution in [0.5, 0.6) is 17.2 Å². The Labute approximate surface area is 111 Å². The van der Waals surface area contributed by atoms with E-state index in [1.54, 1.807) is 31.3 Å². The number of phenols is 1. The van der Waals surface area contributed by atoms with Crippen LogP contribution in [-0.4, -0.2) is 19.2 Å². The predicted molar refractivity (Wildman–Crippen MR) is 74.9 cm³/mol. The van der Waals surface area contributed by atoms with Crippen molar-refractivity contribution < 1.29 is 14.9 Å². The molecule has 0 fully saturated rings. The van der Waals surface area contributed by atoms with Crippen molar-refractivity contribution in [2.75, 3.05) is 24.7 Å². The van der Waals surface area contributed by atoms with Gasteiger partial charge < -0.3 is 15.7 Å². The summed E-state index contributed by atoms with van der Waals surface area (Å²) in [6.45, 7) is 0. The summed E-state index contributed by atoms with van der Waals surface area (Å²) in [7, 11) is 3.63. The molecule has 0 amide bonds. The van der Waals surface area contributed by atoms with Gasteiger partial charge in [-0.2, -0.15) is 0 Å². The van der Waals surface area contributed by atoms with Crippen molar-refractivity contribution in [2.45, 2.75) is 0 Å². The molecule has 0 heterocycles. The highest BCUT2D eigenvalue weighted by molar-refractivity contribution is 5.53. The lowest BCUT2D eigenvalue weighted by Gasteiger charge is -2.09. The zero-order valence-corrected chi connectivity index (χ0v) is 10.8. The fourth-order valence-electron chi connectivity index (χ4n) is 1.51. The summed E-state index contributed by atoms with van der Waals surface area (Å²) in [4.78, 5) is 10.3. The summed E-state index contributed by atoms with van der Waals surface area (Å²) < 4.78 is 0. The van der Waals surface area contributed by atoms with Crippen molar-refractivity contribution >= 4 is 11.4 Å². The molecule has 0 saturated carbocycles. The second-order valence-electron chi connectivity index (χ2n) is 3.87. The predicted octanol–water partition coefficient (Wildman–Crippen LogP) is 2.85. The first-order valence-corrected chi connectivity index (χ1v) is 5.86. The number of phenolic OH excluding ortho intramolecular Hbond substituents is 1. The van der Waals surface area contributed by atoms with Crippen molar-refractivity contribution in [3.8, 4) is 17.2 Å². The van der Waals surface area contributed by atoms with Crippen LogP contribution in [0, 0.1) is 0 Å². The maximum Gasteiger partial charge on any atom is 0.222 e. The largest absolute Gasteiger partial charge is 0.504 e. The van der Waals surface area contributed by atoms with Gasteiger partial charge in [0.15, 0.2) is 11.5 Å². The molecule has 0 aliphatic carbocycles. The van der Waals surface area contributed by atoms with Crippen LogP contribution in [0.15, 0.2) is 42.5 Å². The molecule has 2 rings (SSSR count). The molecule has 3 N–H and O–H groups in total. The molecular formula is C14H16N2O3. The third kappa shape index (κ3) is 3.22. The Morgan fingerprint density at radius 1 is 0.842 bits per heavy atom. The Kier molecular flexibility index (Phi) is 3.97. The van der Waals surface area contributed by atoms with E-state index in [0.717, 1.165) is 11.4 Å². The lowest BCUT2D eigenvalue weighted by atomic mass is 10.3. The number of rotatable bonds is 5. The molecule has 0 aromatic heterocycles. The fraction of sp³-hybridized carbons (Fsp3) is 0.143. The van der Waals surface area contributed by atoms with Gasteiger partial charge in [0, 0.05) is 31.5 Å². The van der Waals surface area contributed by atoms with Crippen molar-refractivity contribution in [2.24, 2.45) is 0 Å². The van der Waals surface area contributed by atoms with Crippen LogP contribution in [0.25, 0.3) is 0 Å². The van der Waals surface area contributed by atoms with E-state index in [9.17, 15) is 5.11 Å². The smallest absolute Gasteiger partial charge is 0.222 e. The first kappa shape index (κ1) is 12.9. The van der Waals surface area contributed by atoms with Gasteiger partial charge in [-0.1, -0.05) is 0 Å². The number of hydrogen-bond donors (Lipinski definition) is 3. The topological polar surface area (TPSA) is 62.8 Å². The number of aromatic hydroxyl groups is 1. The first-order valence-electron chi connectivity index (χ1n) is 5.86. The Morgan fingerprint density at radius 2 is 1.47 bits per heavy atom. The summed E-state index contributed by atoms with van der Waals surface area (Å²) in [5.41, 5.74) is 1.80. The second-order valence-corrected chi connectivity index (χ2v) is 3.87. The maximum absolute atomic E-state index is 9.65. The SMILES string of the molecule is CNc1ccc(OOc2cc(NC)ccc2O)cc1. The first-order chi connectivity index (χ1) is 9.22. The van der Waals surface area contributed by atoms with Gasteiger partial charge in [-0.25, -0.2) is 0 Å². The number of hydrogen-bond acceptors (Lipinski definition) is 5. The molecule has 2 aromatic rings. The van der Waals surface area contributed by atoms with E-state index in [1.165, 1.54) is 6.07 Å². The Balaban J connectivity index is 2.05. The van der Waals surface area contributed by atoms with Gasteiger partial charge in [0.05, 0.1) is 0 Å². The lowest BCUT2D eigenvalue weighted by Crippen LogP contribution is -2.01. The minimum absolute atomic E-state index is 0.0193. The quantitative estimate of drug-likeness (QED) is 0.438. The van der Waals surface area contributed by atoms with E-state index in [0.29, 0.717) is 5.75 Å². The van der Waals surface area contributed by atoms with Crippen LogP contribution < -0.4 is 20.4 Å². The van der Waals surface area contributed by atoms with E-state index in [4.69, 9.17) is 9.78 Å². The average Bonchev–Trinajstić information content (AvgIpc) is 2.47. The highest BCUT2D eigenvalue weighted by Crippen LogP contribution is 2.29. The minimum Gasteiger partial charge on any atom is -0.504 e. The van der Waals surface area contributed by atoms with Crippen LogP contribution in [0.3, 0.4) is 0 Å². The van der Waals surface area contributed by atoms with E-state index in [2.05, 4.69) is 10.6 Å². The normalized spacial score (nSPS) is 9.79. The molecular weight excluding hydrogens is 244 g/mol. The molecule has 0 saturated heterocycles. The molecule has 5 heteroatoms. The molecule has 0 unspecified atom stereocenters. The van der Waals surface area contributed by atoms with Crippen LogP contribution in [-0.2, 0) is 0 Å². The van der Waals surface area contributed by atoms with Gasteiger partial charge in [0.1, 0.15) is 0 Å². The molecule has 0 atom stereocenters. The molecule has 19 heavy (non-hydrogen) atoms. The molecule has 0 bridgehead atoms. The monoisotopic (exact) mass is 260 g/mol. The maximum atomic E-state index is 9.65. The van der Waals surface area contributed by atoms with E-state index < -0.39 is 0 Å². The second kappa shape index (κ2) is 5.86. The van der Waals surface area contributed by atoms with Gasteiger partial charge in [-0.3, -0.25) is 9.78 Å². The van der Waals surface area contributed by atoms with Crippen LogP contribution in [0.2, 0.25) is 0 Å². The third-order valence-corrected chi connectivity index (χ3v) is 2.62. The lowest BCUT2D eigenvalue weighted by molar-refractivity contribution is -0.101. The zero-order chi connectivity index (χ0) is 13.7. The van der Waals surface area contributed by atoms with Crippen LogP contribution >= 0.6 is 0 Å².